The molecule has 1 fully saturated rings. The van der Waals surface area contributed by atoms with E-state index in [-0.39, 0.29) is 12.5 Å². The van der Waals surface area contributed by atoms with Crippen molar-refractivity contribution >= 4 is 17.7 Å². The molecule has 1 N–H and O–H groups in total. The van der Waals surface area contributed by atoms with E-state index in [1.807, 2.05) is 29.2 Å². The number of nitrogens with zero attached hydrogens (tertiary/aromatic N) is 1. The minimum absolute atomic E-state index is 0.0629. The van der Waals surface area contributed by atoms with Crippen molar-refractivity contribution in [1.82, 2.24) is 4.90 Å². The summed E-state index contributed by atoms with van der Waals surface area (Å²) >= 11 is 1.57. The minimum atomic E-state index is 0.0629. The van der Waals surface area contributed by atoms with Gasteiger partial charge in [-0.3, -0.25) is 4.79 Å². The Labute approximate surface area is 125 Å². The van der Waals surface area contributed by atoms with Crippen LogP contribution in [0.4, 0.5) is 0 Å². The van der Waals surface area contributed by atoms with Gasteiger partial charge in [-0.1, -0.05) is 26.0 Å². The number of aliphatic hydroxyl groups is 1. The third kappa shape index (κ3) is 4.25. The van der Waals surface area contributed by atoms with Gasteiger partial charge in [0.25, 0.3) is 0 Å². The van der Waals surface area contributed by atoms with Crippen LogP contribution in [-0.2, 0) is 11.4 Å². The number of piperidine rings is 1. The van der Waals surface area contributed by atoms with Gasteiger partial charge in [-0.25, -0.2) is 0 Å². The summed E-state index contributed by atoms with van der Waals surface area (Å²) in [5.74, 6) is 1.95. The Morgan fingerprint density at radius 2 is 1.85 bits per heavy atom. The van der Waals surface area contributed by atoms with Crippen molar-refractivity contribution in [2.45, 2.75) is 31.8 Å². The number of carbonyl (C=O) groups is 1. The fourth-order valence-electron chi connectivity index (χ4n) is 2.79. The summed E-state index contributed by atoms with van der Waals surface area (Å²) in [5, 5.41) is 9.00. The molecule has 1 aromatic carbocycles. The Balaban J connectivity index is 1.84. The van der Waals surface area contributed by atoms with Gasteiger partial charge in [0.15, 0.2) is 0 Å². The van der Waals surface area contributed by atoms with Crippen molar-refractivity contribution in [2.75, 3.05) is 18.8 Å². The second-order valence-corrected chi connectivity index (χ2v) is 6.88. The van der Waals surface area contributed by atoms with Crippen LogP contribution < -0.4 is 0 Å². The zero-order valence-corrected chi connectivity index (χ0v) is 13.0. The molecule has 1 amide bonds. The summed E-state index contributed by atoms with van der Waals surface area (Å²) in [5.41, 5.74) is 0.902. The van der Waals surface area contributed by atoms with Crippen molar-refractivity contribution in [1.29, 1.82) is 0 Å². The molecule has 1 aliphatic rings. The predicted molar refractivity (Wildman–Crippen MR) is 82.6 cm³/mol. The van der Waals surface area contributed by atoms with Crippen molar-refractivity contribution < 1.29 is 9.90 Å². The third-order valence-electron chi connectivity index (χ3n) is 3.69. The van der Waals surface area contributed by atoms with E-state index in [2.05, 4.69) is 13.8 Å². The second kappa shape index (κ2) is 7.14. The maximum absolute atomic E-state index is 12.3. The summed E-state index contributed by atoms with van der Waals surface area (Å²) in [4.78, 5) is 15.3. The molecule has 1 heterocycles. The standard InChI is InChI=1S/C16H23NO2S/c1-12-7-13(2)9-17(8-12)16(19)11-20-15-5-3-14(10-18)4-6-15/h3-6,12-13,18H,7-11H2,1-2H3. The summed E-state index contributed by atoms with van der Waals surface area (Å²) < 4.78 is 0. The summed E-state index contributed by atoms with van der Waals surface area (Å²) in [6.07, 6.45) is 1.22. The van der Waals surface area contributed by atoms with Gasteiger partial charge in [0.05, 0.1) is 12.4 Å². The Kier molecular flexibility index (Phi) is 5.49. The maximum atomic E-state index is 12.3. The molecule has 1 aromatic rings. The molecule has 110 valence electrons. The van der Waals surface area contributed by atoms with Crippen LogP contribution in [0.1, 0.15) is 25.8 Å². The van der Waals surface area contributed by atoms with Crippen LogP contribution >= 0.6 is 11.8 Å². The lowest BCUT2D eigenvalue weighted by Gasteiger charge is -2.35. The molecular weight excluding hydrogens is 270 g/mol. The normalized spacial score (nSPS) is 22.9. The molecule has 4 heteroatoms. The van der Waals surface area contributed by atoms with E-state index < -0.39 is 0 Å². The molecule has 0 radical (unpaired) electrons. The Bertz CT molecular complexity index is 436. The SMILES string of the molecule is CC1CC(C)CN(C(=O)CSc2ccc(CO)cc2)C1. The molecule has 2 atom stereocenters. The number of benzene rings is 1. The first-order valence-electron chi connectivity index (χ1n) is 7.19. The van der Waals surface area contributed by atoms with Crippen molar-refractivity contribution in [3.05, 3.63) is 29.8 Å². The van der Waals surface area contributed by atoms with E-state index in [9.17, 15) is 4.79 Å². The Morgan fingerprint density at radius 3 is 2.40 bits per heavy atom. The van der Waals surface area contributed by atoms with E-state index in [4.69, 9.17) is 5.11 Å². The van der Waals surface area contributed by atoms with E-state index in [0.717, 1.165) is 23.5 Å². The summed E-state index contributed by atoms with van der Waals surface area (Å²) in [6, 6.07) is 7.73. The summed E-state index contributed by atoms with van der Waals surface area (Å²) in [7, 11) is 0. The zero-order valence-electron chi connectivity index (χ0n) is 12.2. The van der Waals surface area contributed by atoms with Gasteiger partial charge in [-0.05, 0) is 36.0 Å². The molecule has 0 aromatic heterocycles. The third-order valence-corrected chi connectivity index (χ3v) is 4.69. The molecule has 0 aliphatic carbocycles. The number of thioether (sulfide) groups is 1. The summed E-state index contributed by atoms with van der Waals surface area (Å²) in [6.45, 7) is 6.29. The number of carbonyl (C=O) groups excluding carboxylic acids is 1. The largest absolute Gasteiger partial charge is 0.392 e. The molecule has 0 spiro atoms. The first-order valence-corrected chi connectivity index (χ1v) is 8.17. The lowest BCUT2D eigenvalue weighted by atomic mass is 9.92. The fourth-order valence-corrected chi connectivity index (χ4v) is 3.60. The molecule has 1 aliphatic heterocycles. The molecule has 2 unspecified atom stereocenters. The molecule has 1 saturated heterocycles. The van der Waals surface area contributed by atoms with Gasteiger partial charge < -0.3 is 10.0 Å². The highest BCUT2D eigenvalue weighted by Gasteiger charge is 2.25. The molecule has 3 nitrogen and oxygen atoms in total. The van der Waals surface area contributed by atoms with Crippen LogP contribution in [0, 0.1) is 11.8 Å². The van der Waals surface area contributed by atoms with Gasteiger partial charge in [0.1, 0.15) is 0 Å². The smallest absolute Gasteiger partial charge is 0.232 e. The maximum Gasteiger partial charge on any atom is 0.232 e. The van der Waals surface area contributed by atoms with Crippen LogP contribution in [0.25, 0.3) is 0 Å². The number of likely N-dealkylation sites (tertiary alicyclic amines) is 1. The lowest BCUT2D eigenvalue weighted by molar-refractivity contribution is -0.130. The Morgan fingerprint density at radius 1 is 1.25 bits per heavy atom. The highest BCUT2D eigenvalue weighted by molar-refractivity contribution is 8.00. The second-order valence-electron chi connectivity index (χ2n) is 5.84. The molecule has 20 heavy (non-hydrogen) atoms. The van der Waals surface area contributed by atoms with Crippen LogP contribution in [-0.4, -0.2) is 34.8 Å². The van der Waals surface area contributed by atoms with Crippen LogP contribution in [0.3, 0.4) is 0 Å². The number of aliphatic hydroxyl groups excluding tert-OH is 1. The minimum Gasteiger partial charge on any atom is -0.392 e. The molecular formula is C16H23NO2S. The van der Waals surface area contributed by atoms with Gasteiger partial charge in [0.2, 0.25) is 5.91 Å². The molecule has 0 saturated carbocycles. The Hall–Kier alpha value is -1.00. The van der Waals surface area contributed by atoms with Crippen molar-refractivity contribution in [2.24, 2.45) is 11.8 Å². The predicted octanol–water partition coefficient (Wildman–Crippen LogP) is 2.78. The quantitative estimate of drug-likeness (QED) is 0.868. The topological polar surface area (TPSA) is 40.5 Å². The van der Waals surface area contributed by atoms with Crippen LogP contribution in [0.15, 0.2) is 29.2 Å². The zero-order chi connectivity index (χ0) is 14.5. The number of rotatable bonds is 4. The van der Waals surface area contributed by atoms with Crippen LogP contribution in [0.5, 0.6) is 0 Å². The fraction of sp³-hybridized carbons (Fsp3) is 0.562. The average molecular weight is 293 g/mol. The van der Waals surface area contributed by atoms with Crippen LogP contribution in [0.2, 0.25) is 0 Å². The first-order chi connectivity index (χ1) is 9.58. The van der Waals surface area contributed by atoms with E-state index in [1.54, 1.807) is 11.8 Å². The molecule has 0 bridgehead atoms. The van der Waals surface area contributed by atoms with Crippen molar-refractivity contribution in [3.8, 4) is 0 Å². The van der Waals surface area contributed by atoms with Crippen molar-refractivity contribution in [3.63, 3.8) is 0 Å². The first kappa shape index (κ1) is 15.4. The number of hydrogen-bond acceptors (Lipinski definition) is 3. The van der Waals surface area contributed by atoms with Gasteiger partial charge >= 0.3 is 0 Å². The number of amides is 1. The molecule has 2 rings (SSSR count). The van der Waals surface area contributed by atoms with Gasteiger partial charge in [-0.2, -0.15) is 0 Å². The number of hydrogen-bond donors (Lipinski definition) is 1. The lowest BCUT2D eigenvalue weighted by Crippen LogP contribution is -2.43. The van der Waals surface area contributed by atoms with Gasteiger partial charge in [0, 0.05) is 18.0 Å². The highest BCUT2D eigenvalue weighted by atomic mass is 32.2. The average Bonchev–Trinajstić information content (AvgIpc) is 2.44. The van der Waals surface area contributed by atoms with E-state index in [0.29, 0.717) is 17.6 Å². The van der Waals surface area contributed by atoms with E-state index in [1.165, 1.54) is 6.42 Å². The monoisotopic (exact) mass is 293 g/mol. The van der Waals surface area contributed by atoms with E-state index >= 15 is 0 Å². The van der Waals surface area contributed by atoms with Gasteiger partial charge in [-0.15, -0.1) is 11.8 Å². The highest BCUT2D eigenvalue weighted by Crippen LogP contribution is 2.23.